The fraction of sp³-hybridized carbons (Fsp3) is 0.222. The van der Waals surface area contributed by atoms with Crippen LogP contribution in [-0.2, 0) is 4.79 Å². The van der Waals surface area contributed by atoms with Gasteiger partial charge in [-0.05, 0) is 42.8 Å². The highest BCUT2D eigenvalue weighted by Crippen LogP contribution is 2.32. The minimum Gasteiger partial charge on any atom is -0.454 e. The molecule has 7 heteroatoms. The van der Waals surface area contributed by atoms with Crippen LogP contribution >= 0.6 is 11.6 Å². The number of carbonyl (C=O) groups is 2. The van der Waals surface area contributed by atoms with E-state index in [0.717, 1.165) is 5.56 Å². The van der Waals surface area contributed by atoms with Gasteiger partial charge in [0.1, 0.15) is 0 Å². The number of rotatable bonds is 5. The summed E-state index contributed by atoms with van der Waals surface area (Å²) in [4.78, 5) is 24.2. The fourth-order valence-electron chi connectivity index (χ4n) is 2.43. The third kappa shape index (κ3) is 4.22. The highest BCUT2D eigenvalue weighted by molar-refractivity contribution is 6.30. The quantitative estimate of drug-likeness (QED) is 0.859. The molecule has 1 atom stereocenters. The van der Waals surface area contributed by atoms with E-state index in [4.69, 9.17) is 21.1 Å². The summed E-state index contributed by atoms with van der Waals surface area (Å²) in [5.41, 5.74) is 1.34. The molecule has 1 aliphatic heterocycles. The van der Waals surface area contributed by atoms with Crippen LogP contribution in [0.2, 0.25) is 5.02 Å². The van der Waals surface area contributed by atoms with Gasteiger partial charge in [0.15, 0.2) is 11.5 Å². The van der Waals surface area contributed by atoms with Crippen LogP contribution in [-0.4, -0.2) is 25.2 Å². The van der Waals surface area contributed by atoms with Gasteiger partial charge in [0, 0.05) is 10.6 Å². The van der Waals surface area contributed by atoms with Crippen LogP contribution in [0.5, 0.6) is 11.5 Å². The predicted octanol–water partition coefficient (Wildman–Crippen LogP) is 2.68. The van der Waals surface area contributed by atoms with E-state index >= 15 is 0 Å². The molecule has 130 valence electrons. The second-order valence-electron chi connectivity index (χ2n) is 5.59. The fourth-order valence-corrected chi connectivity index (χ4v) is 2.55. The molecule has 2 amide bonds. The standard InChI is InChI=1S/C18H17ClN2O4/c1-11(12-2-5-14(19)6-3-12)21-17(22)9-20-18(23)13-4-7-15-16(8-13)25-10-24-15/h2-8,11H,9-10H2,1H3,(H,20,23)(H,21,22)/t11-/m0/s1. The van der Waals surface area contributed by atoms with Gasteiger partial charge in [-0.2, -0.15) is 0 Å². The topological polar surface area (TPSA) is 76.7 Å². The third-order valence-electron chi connectivity index (χ3n) is 3.79. The van der Waals surface area contributed by atoms with Crippen molar-refractivity contribution in [2.45, 2.75) is 13.0 Å². The molecule has 1 heterocycles. The lowest BCUT2D eigenvalue weighted by molar-refractivity contribution is -0.120. The molecule has 3 rings (SSSR count). The van der Waals surface area contributed by atoms with Crippen molar-refractivity contribution in [3.8, 4) is 11.5 Å². The molecule has 0 aromatic heterocycles. The van der Waals surface area contributed by atoms with Crippen LogP contribution in [0.1, 0.15) is 28.9 Å². The van der Waals surface area contributed by atoms with Crippen LogP contribution in [0, 0.1) is 0 Å². The summed E-state index contributed by atoms with van der Waals surface area (Å²) in [5.74, 6) is 0.490. The van der Waals surface area contributed by atoms with Crippen LogP contribution in [0.25, 0.3) is 0 Å². The van der Waals surface area contributed by atoms with Gasteiger partial charge in [0.05, 0.1) is 12.6 Å². The minimum absolute atomic E-state index is 0.120. The summed E-state index contributed by atoms with van der Waals surface area (Å²) in [5, 5.41) is 6.05. The van der Waals surface area contributed by atoms with E-state index in [1.165, 1.54) is 0 Å². The zero-order valence-corrected chi connectivity index (χ0v) is 14.3. The Morgan fingerprint density at radius 3 is 2.60 bits per heavy atom. The average Bonchev–Trinajstić information content (AvgIpc) is 3.07. The zero-order chi connectivity index (χ0) is 17.8. The van der Waals surface area contributed by atoms with Gasteiger partial charge < -0.3 is 20.1 Å². The van der Waals surface area contributed by atoms with E-state index in [-0.39, 0.29) is 31.2 Å². The van der Waals surface area contributed by atoms with Gasteiger partial charge in [-0.1, -0.05) is 23.7 Å². The van der Waals surface area contributed by atoms with Gasteiger partial charge in [0.25, 0.3) is 5.91 Å². The predicted molar refractivity (Wildman–Crippen MR) is 92.9 cm³/mol. The van der Waals surface area contributed by atoms with Gasteiger partial charge in [-0.3, -0.25) is 9.59 Å². The molecule has 6 nitrogen and oxygen atoms in total. The molecule has 0 bridgehead atoms. The van der Waals surface area contributed by atoms with Crippen molar-refractivity contribution in [3.05, 3.63) is 58.6 Å². The Labute approximate surface area is 150 Å². The number of amides is 2. The molecule has 0 radical (unpaired) electrons. The SMILES string of the molecule is C[C@H](NC(=O)CNC(=O)c1ccc2c(c1)OCO2)c1ccc(Cl)cc1. The lowest BCUT2D eigenvalue weighted by atomic mass is 10.1. The normalized spacial score (nSPS) is 13.2. The van der Waals surface area contributed by atoms with Crippen molar-refractivity contribution in [1.29, 1.82) is 0 Å². The third-order valence-corrected chi connectivity index (χ3v) is 4.04. The van der Waals surface area contributed by atoms with Crippen LogP contribution in [0.15, 0.2) is 42.5 Å². The van der Waals surface area contributed by atoms with E-state index in [2.05, 4.69) is 10.6 Å². The summed E-state index contributed by atoms with van der Waals surface area (Å²) < 4.78 is 10.4. The maximum absolute atomic E-state index is 12.1. The summed E-state index contributed by atoms with van der Waals surface area (Å²) >= 11 is 5.85. The Morgan fingerprint density at radius 1 is 1.12 bits per heavy atom. The largest absolute Gasteiger partial charge is 0.454 e. The highest BCUT2D eigenvalue weighted by atomic mass is 35.5. The summed E-state index contributed by atoms with van der Waals surface area (Å²) in [6.45, 7) is 1.89. The molecule has 2 N–H and O–H groups in total. The summed E-state index contributed by atoms with van der Waals surface area (Å²) in [7, 11) is 0. The smallest absolute Gasteiger partial charge is 0.251 e. The molecule has 25 heavy (non-hydrogen) atoms. The van der Waals surface area contributed by atoms with Crippen molar-refractivity contribution < 1.29 is 19.1 Å². The Hall–Kier alpha value is -2.73. The van der Waals surface area contributed by atoms with E-state index in [1.54, 1.807) is 30.3 Å². The average molecular weight is 361 g/mol. The molecule has 2 aromatic rings. The molecule has 0 spiro atoms. The van der Waals surface area contributed by atoms with E-state index in [0.29, 0.717) is 22.1 Å². The summed E-state index contributed by atoms with van der Waals surface area (Å²) in [6.07, 6.45) is 0. The van der Waals surface area contributed by atoms with Crippen molar-refractivity contribution in [2.24, 2.45) is 0 Å². The van der Waals surface area contributed by atoms with Gasteiger partial charge in [-0.25, -0.2) is 0 Å². The zero-order valence-electron chi connectivity index (χ0n) is 13.5. The van der Waals surface area contributed by atoms with E-state index in [1.807, 2.05) is 19.1 Å². The highest BCUT2D eigenvalue weighted by Gasteiger charge is 2.17. The first-order valence-corrected chi connectivity index (χ1v) is 8.13. The van der Waals surface area contributed by atoms with E-state index < -0.39 is 0 Å². The Balaban J connectivity index is 1.51. The number of ether oxygens (including phenoxy) is 2. The van der Waals surface area contributed by atoms with Crippen LogP contribution in [0.4, 0.5) is 0 Å². The number of carbonyl (C=O) groups excluding carboxylic acids is 2. The molecule has 0 fully saturated rings. The number of nitrogens with one attached hydrogen (secondary N) is 2. The number of hydrogen-bond donors (Lipinski definition) is 2. The van der Waals surface area contributed by atoms with Crippen LogP contribution in [0.3, 0.4) is 0 Å². The maximum atomic E-state index is 12.1. The van der Waals surface area contributed by atoms with E-state index in [9.17, 15) is 9.59 Å². The molecule has 0 unspecified atom stereocenters. The molecular formula is C18H17ClN2O4. The number of halogens is 1. The molecule has 1 aliphatic rings. The Kier molecular flexibility index (Phi) is 5.09. The maximum Gasteiger partial charge on any atom is 0.251 e. The lowest BCUT2D eigenvalue weighted by Gasteiger charge is -2.15. The summed E-state index contributed by atoms with van der Waals surface area (Å²) in [6, 6.07) is 11.9. The van der Waals surface area contributed by atoms with Crippen molar-refractivity contribution in [3.63, 3.8) is 0 Å². The molecule has 0 saturated heterocycles. The Bertz CT molecular complexity index is 792. The van der Waals surface area contributed by atoms with Gasteiger partial charge in [0.2, 0.25) is 12.7 Å². The first-order chi connectivity index (χ1) is 12.0. The number of benzene rings is 2. The second-order valence-corrected chi connectivity index (χ2v) is 6.03. The number of fused-ring (bicyclic) bond motifs is 1. The lowest BCUT2D eigenvalue weighted by Crippen LogP contribution is -2.38. The molecule has 2 aromatic carbocycles. The van der Waals surface area contributed by atoms with Crippen molar-refractivity contribution >= 4 is 23.4 Å². The monoisotopic (exact) mass is 360 g/mol. The van der Waals surface area contributed by atoms with Crippen LogP contribution < -0.4 is 20.1 Å². The van der Waals surface area contributed by atoms with Crippen molar-refractivity contribution in [1.82, 2.24) is 10.6 Å². The molecular weight excluding hydrogens is 344 g/mol. The van der Waals surface area contributed by atoms with Gasteiger partial charge >= 0.3 is 0 Å². The minimum atomic E-state index is -0.354. The molecule has 0 saturated carbocycles. The van der Waals surface area contributed by atoms with Crippen molar-refractivity contribution in [2.75, 3.05) is 13.3 Å². The first-order valence-electron chi connectivity index (χ1n) is 7.75. The second kappa shape index (κ2) is 7.44. The van der Waals surface area contributed by atoms with Gasteiger partial charge in [-0.15, -0.1) is 0 Å². The molecule has 0 aliphatic carbocycles. The first kappa shape index (κ1) is 17.1. The Morgan fingerprint density at radius 2 is 1.84 bits per heavy atom. The number of hydrogen-bond acceptors (Lipinski definition) is 4.